The van der Waals surface area contributed by atoms with E-state index >= 15 is 0 Å². The fourth-order valence-corrected chi connectivity index (χ4v) is 3.87. The van der Waals surface area contributed by atoms with E-state index in [1.54, 1.807) is 17.4 Å². The quantitative estimate of drug-likeness (QED) is 0.923. The largest absolute Gasteiger partial charge is 0.330 e. The molecule has 0 unspecified atom stereocenters. The normalized spacial score (nSPS) is 15.1. The van der Waals surface area contributed by atoms with Gasteiger partial charge in [0.05, 0.1) is 10.7 Å². The molecule has 0 saturated carbocycles. The zero-order chi connectivity index (χ0) is 14.7. The SMILES string of the molecule is NCCCN1CCc2nc(Cc3ccccc3F)sc2C1. The third-order valence-corrected chi connectivity index (χ3v) is 4.91. The van der Waals surface area contributed by atoms with Gasteiger partial charge in [0.25, 0.3) is 0 Å². The molecule has 1 aliphatic heterocycles. The first-order chi connectivity index (χ1) is 10.3. The number of halogens is 1. The lowest BCUT2D eigenvalue weighted by molar-refractivity contribution is 0.254. The van der Waals surface area contributed by atoms with Crippen LogP contribution in [0.15, 0.2) is 24.3 Å². The Morgan fingerprint density at radius 2 is 2.19 bits per heavy atom. The summed E-state index contributed by atoms with van der Waals surface area (Å²) in [5, 5.41) is 1.02. The van der Waals surface area contributed by atoms with Gasteiger partial charge in [0, 0.05) is 30.8 Å². The van der Waals surface area contributed by atoms with Crippen LogP contribution in [0.3, 0.4) is 0 Å². The molecule has 2 heterocycles. The fourth-order valence-electron chi connectivity index (χ4n) is 2.69. The molecule has 0 atom stereocenters. The average Bonchev–Trinajstić information content (AvgIpc) is 2.89. The number of hydrogen-bond acceptors (Lipinski definition) is 4. The third kappa shape index (κ3) is 3.48. The van der Waals surface area contributed by atoms with E-state index in [-0.39, 0.29) is 5.82 Å². The summed E-state index contributed by atoms with van der Waals surface area (Å²) in [6.07, 6.45) is 2.62. The maximum absolute atomic E-state index is 13.7. The lowest BCUT2D eigenvalue weighted by atomic mass is 10.1. The second kappa shape index (κ2) is 6.64. The molecule has 1 aromatic heterocycles. The van der Waals surface area contributed by atoms with Crippen LogP contribution in [0.4, 0.5) is 4.39 Å². The van der Waals surface area contributed by atoms with Crippen molar-refractivity contribution < 1.29 is 4.39 Å². The Kier molecular flexibility index (Phi) is 4.63. The molecule has 3 rings (SSSR count). The molecule has 0 fully saturated rings. The van der Waals surface area contributed by atoms with Crippen molar-refractivity contribution in [2.75, 3.05) is 19.6 Å². The van der Waals surface area contributed by atoms with Crippen LogP contribution in [0.5, 0.6) is 0 Å². The highest BCUT2D eigenvalue weighted by molar-refractivity contribution is 7.11. The van der Waals surface area contributed by atoms with E-state index in [1.165, 1.54) is 16.6 Å². The molecular formula is C16H20FN3S. The van der Waals surface area contributed by atoms with Crippen LogP contribution in [0, 0.1) is 5.82 Å². The van der Waals surface area contributed by atoms with Crippen LogP contribution in [-0.2, 0) is 19.4 Å². The van der Waals surface area contributed by atoms with Crippen molar-refractivity contribution in [3.05, 3.63) is 51.2 Å². The van der Waals surface area contributed by atoms with Crippen LogP contribution in [0.1, 0.15) is 27.6 Å². The fraction of sp³-hybridized carbons (Fsp3) is 0.438. The van der Waals surface area contributed by atoms with Crippen LogP contribution in [0.25, 0.3) is 0 Å². The summed E-state index contributed by atoms with van der Waals surface area (Å²) in [6.45, 7) is 3.81. The zero-order valence-corrected chi connectivity index (χ0v) is 12.8. The van der Waals surface area contributed by atoms with E-state index in [4.69, 9.17) is 10.7 Å². The topological polar surface area (TPSA) is 42.1 Å². The minimum Gasteiger partial charge on any atom is -0.330 e. The number of thiazole rings is 1. The van der Waals surface area contributed by atoms with Gasteiger partial charge in [-0.2, -0.15) is 0 Å². The number of nitrogens with two attached hydrogens (primary N) is 1. The molecule has 0 amide bonds. The zero-order valence-electron chi connectivity index (χ0n) is 12.0. The molecule has 3 nitrogen and oxygen atoms in total. The van der Waals surface area contributed by atoms with Crippen LogP contribution in [0.2, 0.25) is 0 Å². The monoisotopic (exact) mass is 305 g/mol. The first kappa shape index (κ1) is 14.6. The van der Waals surface area contributed by atoms with Crippen molar-refractivity contribution in [1.29, 1.82) is 0 Å². The van der Waals surface area contributed by atoms with Crippen molar-refractivity contribution >= 4 is 11.3 Å². The Labute approximate surface area is 128 Å². The highest BCUT2D eigenvalue weighted by Gasteiger charge is 2.20. The second-order valence-electron chi connectivity index (χ2n) is 5.41. The number of nitrogens with zero attached hydrogens (tertiary/aromatic N) is 2. The summed E-state index contributed by atoms with van der Waals surface area (Å²) in [7, 11) is 0. The lowest BCUT2D eigenvalue weighted by Gasteiger charge is -2.25. The third-order valence-electron chi connectivity index (χ3n) is 3.83. The highest BCUT2D eigenvalue weighted by Crippen LogP contribution is 2.27. The molecule has 2 N–H and O–H groups in total. The van der Waals surface area contributed by atoms with Crippen LogP contribution < -0.4 is 5.73 Å². The Balaban J connectivity index is 1.70. The van der Waals surface area contributed by atoms with Gasteiger partial charge in [0.2, 0.25) is 0 Å². The summed E-state index contributed by atoms with van der Waals surface area (Å²) >= 11 is 1.73. The lowest BCUT2D eigenvalue weighted by Crippen LogP contribution is -2.31. The molecule has 2 aromatic rings. The molecule has 5 heteroatoms. The first-order valence-electron chi connectivity index (χ1n) is 7.39. The molecule has 1 aromatic carbocycles. The average molecular weight is 305 g/mol. The molecule has 0 aliphatic carbocycles. The Morgan fingerprint density at radius 3 is 3.00 bits per heavy atom. The van der Waals surface area contributed by atoms with E-state index in [1.807, 2.05) is 12.1 Å². The van der Waals surface area contributed by atoms with Crippen molar-refractivity contribution in [2.24, 2.45) is 5.73 Å². The van der Waals surface area contributed by atoms with Crippen molar-refractivity contribution in [2.45, 2.75) is 25.8 Å². The van der Waals surface area contributed by atoms with Gasteiger partial charge in [0.1, 0.15) is 5.82 Å². The minimum atomic E-state index is -0.143. The van der Waals surface area contributed by atoms with Gasteiger partial charge in [-0.1, -0.05) is 18.2 Å². The van der Waals surface area contributed by atoms with Crippen LogP contribution in [-0.4, -0.2) is 29.5 Å². The van der Waals surface area contributed by atoms with Gasteiger partial charge in [-0.15, -0.1) is 11.3 Å². The Hall–Kier alpha value is -1.30. The number of fused-ring (bicyclic) bond motifs is 1. The predicted octanol–water partition coefficient (Wildman–Crippen LogP) is 2.58. The summed E-state index contributed by atoms with van der Waals surface area (Å²) in [5.41, 5.74) is 7.50. The second-order valence-corrected chi connectivity index (χ2v) is 6.58. The maximum Gasteiger partial charge on any atom is 0.126 e. The molecule has 0 spiro atoms. The Bertz CT molecular complexity index is 611. The van der Waals surface area contributed by atoms with Gasteiger partial charge in [0.15, 0.2) is 0 Å². The number of aromatic nitrogens is 1. The number of benzene rings is 1. The van der Waals surface area contributed by atoms with E-state index < -0.39 is 0 Å². The molecule has 21 heavy (non-hydrogen) atoms. The van der Waals surface area contributed by atoms with Gasteiger partial charge in [-0.3, -0.25) is 4.90 Å². The van der Waals surface area contributed by atoms with Gasteiger partial charge < -0.3 is 5.73 Å². The molecular weight excluding hydrogens is 285 g/mol. The number of rotatable bonds is 5. The van der Waals surface area contributed by atoms with Crippen molar-refractivity contribution in [1.82, 2.24) is 9.88 Å². The molecule has 0 bridgehead atoms. The smallest absolute Gasteiger partial charge is 0.126 e. The van der Waals surface area contributed by atoms with E-state index in [0.29, 0.717) is 6.42 Å². The standard InChI is InChI=1S/C16H20FN3S/c17-13-5-2-1-4-12(13)10-16-19-14-6-9-20(8-3-7-18)11-15(14)21-16/h1-2,4-5H,3,6-11,18H2. The van der Waals surface area contributed by atoms with Crippen molar-refractivity contribution in [3.8, 4) is 0 Å². The van der Waals surface area contributed by atoms with Gasteiger partial charge in [-0.05, 0) is 31.1 Å². The number of hydrogen-bond donors (Lipinski definition) is 1. The predicted molar refractivity (Wildman–Crippen MR) is 84.0 cm³/mol. The highest BCUT2D eigenvalue weighted by atomic mass is 32.1. The maximum atomic E-state index is 13.7. The molecule has 112 valence electrons. The molecule has 1 aliphatic rings. The first-order valence-corrected chi connectivity index (χ1v) is 8.21. The van der Waals surface area contributed by atoms with E-state index in [9.17, 15) is 4.39 Å². The summed E-state index contributed by atoms with van der Waals surface area (Å²) in [4.78, 5) is 8.47. The van der Waals surface area contributed by atoms with Gasteiger partial charge in [-0.25, -0.2) is 9.37 Å². The minimum absolute atomic E-state index is 0.143. The van der Waals surface area contributed by atoms with Crippen molar-refractivity contribution in [3.63, 3.8) is 0 Å². The molecule has 0 radical (unpaired) electrons. The van der Waals surface area contributed by atoms with Gasteiger partial charge >= 0.3 is 0 Å². The van der Waals surface area contributed by atoms with Crippen LogP contribution >= 0.6 is 11.3 Å². The van der Waals surface area contributed by atoms with E-state index in [0.717, 1.165) is 49.6 Å². The summed E-state index contributed by atoms with van der Waals surface area (Å²) < 4.78 is 13.7. The Morgan fingerprint density at radius 1 is 1.33 bits per heavy atom. The van der Waals surface area contributed by atoms with E-state index in [2.05, 4.69) is 4.90 Å². The summed E-state index contributed by atoms with van der Waals surface area (Å²) in [6, 6.07) is 6.95. The summed E-state index contributed by atoms with van der Waals surface area (Å²) in [5.74, 6) is -0.143. The molecule has 0 saturated heterocycles.